The average Bonchev–Trinajstić information content (AvgIpc) is 2.47. The highest BCUT2D eigenvalue weighted by Gasteiger charge is 2.11. The molecule has 1 heterocycles. The summed E-state index contributed by atoms with van der Waals surface area (Å²) >= 11 is 1.20. The standard InChI is InChI=1S/C16H19N3OS.ClH/c1-11-9-13(10-21-16(17)18)15(20)14(19-11)8-7-12-5-3-2-4-6-12;/h2-6,9,20H,7-8,10H2,1H3,(H3,17,18);1H. The summed E-state index contributed by atoms with van der Waals surface area (Å²) in [5, 5.41) is 17.6. The maximum absolute atomic E-state index is 10.3. The van der Waals surface area contributed by atoms with Gasteiger partial charge in [-0.05, 0) is 31.4 Å². The molecule has 0 aliphatic rings. The molecule has 1 aromatic heterocycles. The maximum Gasteiger partial charge on any atom is 0.151 e. The average molecular weight is 338 g/mol. The molecule has 118 valence electrons. The van der Waals surface area contributed by atoms with Crippen LogP contribution in [0.2, 0.25) is 0 Å². The van der Waals surface area contributed by atoms with Crippen molar-refractivity contribution in [3.05, 3.63) is 58.9 Å². The summed E-state index contributed by atoms with van der Waals surface area (Å²) in [7, 11) is 0. The molecule has 0 aliphatic carbocycles. The first kappa shape index (κ1) is 18.3. The van der Waals surface area contributed by atoms with E-state index in [4.69, 9.17) is 11.1 Å². The zero-order valence-corrected chi connectivity index (χ0v) is 14.0. The summed E-state index contributed by atoms with van der Waals surface area (Å²) in [6, 6.07) is 12.0. The van der Waals surface area contributed by atoms with Gasteiger partial charge in [0.25, 0.3) is 0 Å². The molecule has 0 aliphatic heterocycles. The van der Waals surface area contributed by atoms with Crippen LogP contribution in [0.15, 0.2) is 36.4 Å². The van der Waals surface area contributed by atoms with Crippen LogP contribution in [0.5, 0.6) is 5.75 Å². The van der Waals surface area contributed by atoms with Gasteiger partial charge in [0.05, 0.1) is 5.69 Å². The Bertz CT molecular complexity index is 635. The van der Waals surface area contributed by atoms with Gasteiger partial charge in [-0.3, -0.25) is 10.4 Å². The number of nitrogens with zero attached hydrogens (tertiary/aromatic N) is 1. The van der Waals surface area contributed by atoms with Gasteiger partial charge < -0.3 is 10.8 Å². The molecular formula is C16H20ClN3OS. The third-order valence-corrected chi connectivity index (χ3v) is 3.91. The molecule has 0 saturated carbocycles. The van der Waals surface area contributed by atoms with Crippen molar-refractivity contribution in [1.29, 1.82) is 5.41 Å². The van der Waals surface area contributed by atoms with Crippen molar-refractivity contribution < 1.29 is 5.11 Å². The van der Waals surface area contributed by atoms with Gasteiger partial charge in [0.15, 0.2) is 5.17 Å². The molecule has 22 heavy (non-hydrogen) atoms. The Hall–Kier alpha value is -1.72. The Kier molecular flexibility index (Phi) is 7.21. The van der Waals surface area contributed by atoms with E-state index in [1.165, 1.54) is 17.3 Å². The van der Waals surface area contributed by atoms with Crippen LogP contribution in [0.4, 0.5) is 0 Å². The van der Waals surface area contributed by atoms with E-state index in [9.17, 15) is 5.11 Å². The summed E-state index contributed by atoms with van der Waals surface area (Å²) in [5.41, 5.74) is 8.93. The van der Waals surface area contributed by atoms with Gasteiger partial charge in [-0.2, -0.15) is 0 Å². The molecule has 0 spiro atoms. The molecule has 0 saturated heterocycles. The second-order valence-electron chi connectivity index (χ2n) is 4.86. The monoisotopic (exact) mass is 337 g/mol. The lowest BCUT2D eigenvalue weighted by atomic mass is 10.1. The smallest absolute Gasteiger partial charge is 0.151 e. The highest BCUT2D eigenvalue weighted by molar-refractivity contribution is 8.13. The van der Waals surface area contributed by atoms with E-state index in [2.05, 4.69) is 17.1 Å². The molecule has 4 N–H and O–H groups in total. The number of nitrogens with two attached hydrogens (primary N) is 1. The molecule has 4 nitrogen and oxygen atoms in total. The lowest BCUT2D eigenvalue weighted by molar-refractivity contribution is 0.458. The number of benzene rings is 1. The lowest BCUT2D eigenvalue weighted by Crippen LogP contribution is -2.05. The number of halogens is 1. The molecule has 0 amide bonds. The number of aromatic nitrogens is 1. The lowest BCUT2D eigenvalue weighted by Gasteiger charge is -2.10. The first-order valence-electron chi connectivity index (χ1n) is 6.75. The fourth-order valence-electron chi connectivity index (χ4n) is 2.15. The van der Waals surface area contributed by atoms with Gasteiger partial charge in [-0.25, -0.2) is 0 Å². The zero-order chi connectivity index (χ0) is 15.2. The maximum atomic E-state index is 10.3. The van der Waals surface area contributed by atoms with E-state index in [1.54, 1.807) is 0 Å². The molecule has 0 atom stereocenters. The van der Waals surface area contributed by atoms with Crippen molar-refractivity contribution in [2.75, 3.05) is 0 Å². The SMILES string of the molecule is Cc1cc(CSC(=N)N)c(O)c(CCc2ccccc2)n1.Cl. The van der Waals surface area contributed by atoms with Crippen LogP contribution < -0.4 is 5.73 Å². The second-order valence-corrected chi connectivity index (χ2v) is 5.87. The molecule has 2 rings (SSSR count). The first-order valence-corrected chi connectivity index (χ1v) is 7.74. The Balaban J connectivity index is 0.00000242. The first-order chi connectivity index (χ1) is 10.1. The van der Waals surface area contributed by atoms with E-state index in [0.29, 0.717) is 17.9 Å². The van der Waals surface area contributed by atoms with Gasteiger partial charge in [-0.1, -0.05) is 42.1 Å². The van der Waals surface area contributed by atoms with Crippen LogP contribution in [-0.2, 0) is 18.6 Å². The van der Waals surface area contributed by atoms with Crippen molar-refractivity contribution in [3.63, 3.8) is 0 Å². The summed E-state index contributed by atoms with van der Waals surface area (Å²) in [6.45, 7) is 1.91. The molecular weight excluding hydrogens is 318 g/mol. The van der Waals surface area contributed by atoms with E-state index in [-0.39, 0.29) is 23.3 Å². The third-order valence-electron chi connectivity index (χ3n) is 3.15. The Morgan fingerprint density at radius 2 is 1.95 bits per heavy atom. The predicted molar refractivity (Wildman–Crippen MR) is 94.9 cm³/mol. The minimum absolute atomic E-state index is 0. The summed E-state index contributed by atoms with van der Waals surface area (Å²) in [5.74, 6) is 0.716. The van der Waals surface area contributed by atoms with Crippen LogP contribution >= 0.6 is 24.2 Å². The number of rotatable bonds is 5. The quantitative estimate of drug-likeness (QED) is 0.576. The van der Waals surface area contributed by atoms with E-state index in [0.717, 1.165) is 17.7 Å². The minimum Gasteiger partial charge on any atom is -0.506 e. The van der Waals surface area contributed by atoms with E-state index in [1.807, 2.05) is 31.2 Å². The van der Waals surface area contributed by atoms with Gasteiger partial charge >= 0.3 is 0 Å². The van der Waals surface area contributed by atoms with Gasteiger partial charge in [-0.15, -0.1) is 12.4 Å². The number of pyridine rings is 1. The van der Waals surface area contributed by atoms with Crippen molar-refractivity contribution in [1.82, 2.24) is 4.98 Å². The van der Waals surface area contributed by atoms with Gasteiger partial charge in [0.2, 0.25) is 0 Å². The third kappa shape index (κ3) is 5.24. The van der Waals surface area contributed by atoms with Crippen LogP contribution in [0.25, 0.3) is 0 Å². The normalized spacial score (nSPS) is 10.0. The van der Waals surface area contributed by atoms with Crippen molar-refractivity contribution in [3.8, 4) is 5.75 Å². The zero-order valence-electron chi connectivity index (χ0n) is 12.4. The molecule has 0 fully saturated rings. The van der Waals surface area contributed by atoms with E-state index >= 15 is 0 Å². The topological polar surface area (TPSA) is 83.0 Å². The van der Waals surface area contributed by atoms with Crippen molar-refractivity contribution in [2.45, 2.75) is 25.5 Å². The van der Waals surface area contributed by atoms with Crippen molar-refractivity contribution in [2.24, 2.45) is 5.73 Å². The molecule has 0 radical (unpaired) electrons. The van der Waals surface area contributed by atoms with Gasteiger partial charge in [0.1, 0.15) is 5.75 Å². The number of thioether (sulfide) groups is 1. The van der Waals surface area contributed by atoms with E-state index < -0.39 is 0 Å². The summed E-state index contributed by atoms with van der Waals surface area (Å²) in [4.78, 5) is 4.43. The Morgan fingerprint density at radius 3 is 2.59 bits per heavy atom. The minimum atomic E-state index is 0. The highest BCUT2D eigenvalue weighted by Crippen LogP contribution is 2.27. The highest BCUT2D eigenvalue weighted by atomic mass is 35.5. The number of aromatic hydroxyl groups is 1. The van der Waals surface area contributed by atoms with Crippen LogP contribution in [0, 0.1) is 12.3 Å². The summed E-state index contributed by atoms with van der Waals surface area (Å²) < 4.78 is 0. The van der Waals surface area contributed by atoms with Crippen molar-refractivity contribution >= 4 is 29.3 Å². The Morgan fingerprint density at radius 1 is 1.27 bits per heavy atom. The van der Waals surface area contributed by atoms with Crippen LogP contribution in [-0.4, -0.2) is 15.3 Å². The fourth-order valence-corrected chi connectivity index (χ4v) is 2.68. The second kappa shape index (κ2) is 8.66. The fraction of sp³-hybridized carbons (Fsp3) is 0.250. The predicted octanol–water partition coefficient (Wildman–Crippen LogP) is 3.43. The number of nitrogens with one attached hydrogen (secondary N) is 1. The molecule has 1 aromatic carbocycles. The largest absolute Gasteiger partial charge is 0.506 e. The Labute approximate surface area is 141 Å². The molecule has 0 bridgehead atoms. The number of hydrogen-bond acceptors (Lipinski definition) is 4. The molecule has 6 heteroatoms. The molecule has 0 unspecified atom stereocenters. The summed E-state index contributed by atoms with van der Waals surface area (Å²) in [6.07, 6.45) is 1.53. The number of amidine groups is 1. The molecule has 2 aromatic rings. The number of hydrogen-bond donors (Lipinski definition) is 3. The number of aryl methyl sites for hydroxylation is 3. The van der Waals surface area contributed by atoms with Gasteiger partial charge in [0, 0.05) is 17.0 Å². The van der Waals surface area contributed by atoms with Crippen LogP contribution in [0.1, 0.15) is 22.5 Å². The van der Waals surface area contributed by atoms with Crippen LogP contribution in [0.3, 0.4) is 0 Å².